The summed E-state index contributed by atoms with van der Waals surface area (Å²) in [6.07, 6.45) is -0.298. The summed E-state index contributed by atoms with van der Waals surface area (Å²) >= 11 is 0. The number of hydrogen-bond acceptors (Lipinski definition) is 3. The maximum absolute atomic E-state index is 10.4. The minimum atomic E-state index is -1.18. The number of hydrogen-bond donors (Lipinski definition) is 2. The van der Waals surface area contributed by atoms with Gasteiger partial charge in [-0.3, -0.25) is 4.79 Å². The van der Waals surface area contributed by atoms with Crippen LogP contribution in [0.15, 0.2) is 0 Å². The second kappa shape index (κ2) is 3.03. The van der Waals surface area contributed by atoms with Crippen molar-refractivity contribution in [2.75, 3.05) is 6.61 Å². The monoisotopic (exact) mass is 174 g/mol. The van der Waals surface area contributed by atoms with Crippen LogP contribution in [0, 0.1) is 5.92 Å². The van der Waals surface area contributed by atoms with Crippen molar-refractivity contribution >= 4 is 5.97 Å². The summed E-state index contributed by atoms with van der Waals surface area (Å²) in [6, 6.07) is 0. The molecular weight excluding hydrogens is 160 g/mol. The number of carboxylic acid groups (broad SMARTS) is 1. The average molecular weight is 174 g/mol. The number of rotatable bonds is 2. The van der Waals surface area contributed by atoms with Crippen LogP contribution in [-0.4, -0.2) is 34.5 Å². The summed E-state index contributed by atoms with van der Waals surface area (Å²) in [7, 11) is 0. The molecule has 1 saturated heterocycles. The van der Waals surface area contributed by atoms with Crippen molar-refractivity contribution in [1.82, 2.24) is 0 Å². The molecule has 12 heavy (non-hydrogen) atoms. The van der Waals surface area contributed by atoms with Gasteiger partial charge in [0.15, 0.2) is 0 Å². The van der Waals surface area contributed by atoms with Gasteiger partial charge < -0.3 is 14.9 Å². The maximum atomic E-state index is 10.4. The van der Waals surface area contributed by atoms with E-state index in [1.54, 1.807) is 6.92 Å². The van der Waals surface area contributed by atoms with Gasteiger partial charge in [-0.05, 0) is 6.92 Å². The van der Waals surface area contributed by atoms with E-state index in [9.17, 15) is 9.90 Å². The van der Waals surface area contributed by atoms with E-state index in [4.69, 9.17) is 9.84 Å². The molecule has 70 valence electrons. The number of aliphatic hydroxyl groups is 1. The van der Waals surface area contributed by atoms with Crippen LogP contribution in [0.3, 0.4) is 0 Å². The number of ether oxygens (including phenoxy) is 1. The van der Waals surface area contributed by atoms with Gasteiger partial charge in [-0.1, -0.05) is 6.92 Å². The van der Waals surface area contributed by atoms with Crippen molar-refractivity contribution in [1.29, 1.82) is 0 Å². The Hall–Kier alpha value is -0.610. The summed E-state index contributed by atoms with van der Waals surface area (Å²) in [5.74, 6) is -1.10. The van der Waals surface area contributed by atoms with Crippen LogP contribution < -0.4 is 0 Å². The third kappa shape index (κ3) is 1.59. The zero-order chi connectivity index (χ0) is 9.35. The molecule has 0 radical (unpaired) electrons. The lowest BCUT2D eigenvalue weighted by Gasteiger charge is -2.24. The topological polar surface area (TPSA) is 66.8 Å². The number of carbonyl (C=O) groups is 1. The van der Waals surface area contributed by atoms with Crippen molar-refractivity contribution in [2.24, 2.45) is 5.92 Å². The summed E-state index contributed by atoms with van der Waals surface area (Å²) in [4.78, 5) is 10.4. The highest BCUT2D eigenvalue weighted by molar-refractivity contribution is 5.68. The third-order valence-electron chi connectivity index (χ3n) is 2.61. The molecule has 0 spiro atoms. The molecule has 4 heteroatoms. The first kappa shape index (κ1) is 9.48. The predicted molar refractivity (Wildman–Crippen MR) is 41.8 cm³/mol. The smallest absolute Gasteiger partial charge is 0.306 e. The van der Waals surface area contributed by atoms with Crippen molar-refractivity contribution in [3.05, 3.63) is 0 Å². The maximum Gasteiger partial charge on any atom is 0.306 e. The standard InChI is InChI=1S/C8H14O4/c1-5-6(2)12-4-8(5,11)3-7(9)10/h5-6,11H,3-4H2,1-2H3,(H,9,10). The second-order valence-electron chi connectivity index (χ2n) is 3.48. The van der Waals surface area contributed by atoms with E-state index in [0.29, 0.717) is 0 Å². The summed E-state index contributed by atoms with van der Waals surface area (Å²) < 4.78 is 5.17. The molecule has 4 nitrogen and oxygen atoms in total. The molecule has 0 aromatic heterocycles. The molecule has 1 aliphatic heterocycles. The number of aliphatic carboxylic acids is 1. The van der Waals surface area contributed by atoms with Crippen LogP contribution in [0.1, 0.15) is 20.3 Å². The Kier molecular flexibility index (Phi) is 2.39. The van der Waals surface area contributed by atoms with E-state index in [0.717, 1.165) is 0 Å². The van der Waals surface area contributed by atoms with E-state index in [2.05, 4.69) is 0 Å². The molecule has 1 rings (SSSR count). The van der Waals surface area contributed by atoms with Gasteiger partial charge in [0.25, 0.3) is 0 Å². The molecule has 0 aromatic carbocycles. The van der Waals surface area contributed by atoms with E-state index in [-0.39, 0.29) is 25.0 Å². The van der Waals surface area contributed by atoms with Gasteiger partial charge in [-0.2, -0.15) is 0 Å². The molecule has 0 saturated carbocycles. The van der Waals surface area contributed by atoms with E-state index >= 15 is 0 Å². The highest BCUT2D eigenvalue weighted by Crippen LogP contribution is 2.32. The Morgan fingerprint density at radius 3 is 2.58 bits per heavy atom. The minimum absolute atomic E-state index is 0.0608. The van der Waals surface area contributed by atoms with Gasteiger partial charge in [0.05, 0.1) is 19.1 Å². The molecule has 0 aliphatic carbocycles. The summed E-state index contributed by atoms with van der Waals surface area (Å²) in [5, 5.41) is 18.3. The summed E-state index contributed by atoms with van der Waals surface area (Å²) in [6.45, 7) is 3.77. The van der Waals surface area contributed by atoms with Crippen molar-refractivity contribution in [3.63, 3.8) is 0 Å². The highest BCUT2D eigenvalue weighted by Gasteiger charge is 2.45. The van der Waals surface area contributed by atoms with Crippen LogP contribution >= 0.6 is 0 Å². The highest BCUT2D eigenvalue weighted by atomic mass is 16.5. The lowest BCUT2D eigenvalue weighted by molar-refractivity contribution is -0.143. The minimum Gasteiger partial charge on any atom is -0.481 e. The fourth-order valence-corrected chi connectivity index (χ4v) is 1.46. The van der Waals surface area contributed by atoms with Crippen LogP contribution in [-0.2, 0) is 9.53 Å². The summed E-state index contributed by atoms with van der Waals surface area (Å²) in [5.41, 5.74) is -1.18. The molecule has 1 fully saturated rings. The van der Waals surface area contributed by atoms with Crippen molar-refractivity contribution < 1.29 is 19.7 Å². The second-order valence-corrected chi connectivity index (χ2v) is 3.48. The Balaban J connectivity index is 2.65. The molecule has 3 unspecified atom stereocenters. The Morgan fingerprint density at radius 1 is 1.67 bits per heavy atom. The predicted octanol–water partition coefficient (Wildman–Crippen LogP) is 0.247. The Morgan fingerprint density at radius 2 is 2.25 bits per heavy atom. The zero-order valence-electron chi connectivity index (χ0n) is 7.28. The fourth-order valence-electron chi connectivity index (χ4n) is 1.46. The molecule has 1 heterocycles. The molecule has 0 bridgehead atoms. The quantitative estimate of drug-likeness (QED) is 0.629. The molecule has 2 N–H and O–H groups in total. The lowest BCUT2D eigenvalue weighted by Crippen LogP contribution is -2.39. The average Bonchev–Trinajstić information content (AvgIpc) is 2.16. The SMILES string of the molecule is CC1OCC(O)(CC(=O)O)C1C. The molecule has 1 aliphatic rings. The van der Waals surface area contributed by atoms with Gasteiger partial charge >= 0.3 is 5.97 Å². The largest absolute Gasteiger partial charge is 0.481 e. The van der Waals surface area contributed by atoms with Crippen molar-refractivity contribution in [3.8, 4) is 0 Å². The van der Waals surface area contributed by atoms with Crippen LogP contribution in [0.4, 0.5) is 0 Å². The third-order valence-corrected chi connectivity index (χ3v) is 2.61. The van der Waals surface area contributed by atoms with E-state index < -0.39 is 11.6 Å². The molecule has 0 aromatic rings. The first-order chi connectivity index (χ1) is 5.46. The lowest BCUT2D eigenvalue weighted by atomic mass is 9.86. The van der Waals surface area contributed by atoms with Gasteiger partial charge in [0.1, 0.15) is 5.60 Å². The Bertz CT molecular complexity index is 191. The van der Waals surface area contributed by atoms with Gasteiger partial charge in [-0.25, -0.2) is 0 Å². The Labute approximate surface area is 71.2 Å². The van der Waals surface area contributed by atoms with E-state index in [1.165, 1.54) is 0 Å². The molecule has 0 amide bonds. The van der Waals surface area contributed by atoms with Crippen LogP contribution in [0.2, 0.25) is 0 Å². The van der Waals surface area contributed by atoms with Crippen LogP contribution in [0.5, 0.6) is 0 Å². The molecular formula is C8H14O4. The van der Waals surface area contributed by atoms with Crippen LogP contribution in [0.25, 0.3) is 0 Å². The zero-order valence-corrected chi connectivity index (χ0v) is 7.28. The van der Waals surface area contributed by atoms with Gasteiger partial charge in [0.2, 0.25) is 0 Å². The molecule has 3 atom stereocenters. The normalized spacial score (nSPS) is 41.6. The number of carboxylic acids is 1. The van der Waals surface area contributed by atoms with Crippen molar-refractivity contribution in [2.45, 2.75) is 32.0 Å². The van der Waals surface area contributed by atoms with Gasteiger partial charge in [-0.15, -0.1) is 0 Å². The first-order valence-corrected chi connectivity index (χ1v) is 4.01. The first-order valence-electron chi connectivity index (χ1n) is 4.01. The van der Waals surface area contributed by atoms with E-state index in [1.807, 2.05) is 6.92 Å². The fraction of sp³-hybridized carbons (Fsp3) is 0.875. The van der Waals surface area contributed by atoms with Gasteiger partial charge in [0, 0.05) is 5.92 Å².